The maximum atomic E-state index is 12.4. The molecule has 0 saturated carbocycles. The van der Waals surface area contributed by atoms with Crippen molar-refractivity contribution in [1.29, 1.82) is 0 Å². The second kappa shape index (κ2) is 9.67. The number of rotatable bonds is 10. The van der Waals surface area contributed by atoms with Gasteiger partial charge in [-0.3, -0.25) is 0 Å². The third-order valence-electron chi connectivity index (χ3n) is 3.56. The van der Waals surface area contributed by atoms with Crippen LogP contribution in [0.5, 0.6) is 5.75 Å². The van der Waals surface area contributed by atoms with Gasteiger partial charge < -0.3 is 9.47 Å². The summed E-state index contributed by atoms with van der Waals surface area (Å²) in [5.41, 5.74) is 0. The SMILES string of the molecule is CCOC(=O)COc1ccc(S(=O)(=O)CCNS(=O)(=O)c2ccccc2)cc1. The van der Waals surface area contributed by atoms with Crippen molar-refractivity contribution in [3.05, 3.63) is 54.6 Å². The number of ether oxygens (including phenoxy) is 2. The first-order valence-electron chi connectivity index (χ1n) is 8.40. The highest BCUT2D eigenvalue weighted by molar-refractivity contribution is 7.91. The maximum Gasteiger partial charge on any atom is 0.344 e. The number of sulfone groups is 1. The van der Waals surface area contributed by atoms with E-state index in [2.05, 4.69) is 4.72 Å². The molecular formula is C18H21NO7S2. The van der Waals surface area contributed by atoms with Gasteiger partial charge in [-0.1, -0.05) is 18.2 Å². The Morgan fingerprint density at radius 3 is 2.18 bits per heavy atom. The molecule has 10 heteroatoms. The van der Waals surface area contributed by atoms with Crippen LogP contribution >= 0.6 is 0 Å². The Bertz CT molecular complexity index is 986. The molecule has 2 aromatic rings. The minimum atomic E-state index is -3.77. The van der Waals surface area contributed by atoms with Crippen LogP contribution in [0.2, 0.25) is 0 Å². The van der Waals surface area contributed by atoms with Gasteiger partial charge in [-0.15, -0.1) is 0 Å². The number of esters is 1. The lowest BCUT2D eigenvalue weighted by atomic mass is 10.3. The molecule has 1 N–H and O–H groups in total. The Kier molecular flexibility index (Phi) is 7.55. The van der Waals surface area contributed by atoms with Crippen LogP contribution in [-0.4, -0.2) is 48.3 Å². The van der Waals surface area contributed by atoms with E-state index < -0.39 is 31.6 Å². The van der Waals surface area contributed by atoms with Crippen LogP contribution in [0.4, 0.5) is 0 Å². The summed E-state index contributed by atoms with van der Waals surface area (Å²) in [6.07, 6.45) is 0. The van der Waals surface area contributed by atoms with E-state index in [4.69, 9.17) is 9.47 Å². The predicted molar refractivity (Wildman–Crippen MR) is 102 cm³/mol. The predicted octanol–water partition coefficient (Wildman–Crippen LogP) is 1.38. The lowest BCUT2D eigenvalue weighted by molar-refractivity contribution is -0.145. The Balaban J connectivity index is 1.93. The first-order valence-corrected chi connectivity index (χ1v) is 11.5. The van der Waals surface area contributed by atoms with Gasteiger partial charge in [0.15, 0.2) is 16.4 Å². The van der Waals surface area contributed by atoms with E-state index >= 15 is 0 Å². The molecular weight excluding hydrogens is 406 g/mol. The largest absolute Gasteiger partial charge is 0.482 e. The molecule has 0 bridgehead atoms. The molecule has 0 radical (unpaired) electrons. The Morgan fingerprint density at radius 2 is 1.57 bits per heavy atom. The van der Waals surface area contributed by atoms with Crippen molar-refractivity contribution in [2.24, 2.45) is 0 Å². The highest BCUT2D eigenvalue weighted by Crippen LogP contribution is 2.17. The summed E-state index contributed by atoms with van der Waals surface area (Å²) in [5, 5.41) is 0. The zero-order chi connectivity index (χ0) is 20.6. The van der Waals surface area contributed by atoms with E-state index in [1.165, 1.54) is 36.4 Å². The number of sulfonamides is 1. The van der Waals surface area contributed by atoms with Crippen LogP contribution in [0.1, 0.15) is 6.92 Å². The molecule has 2 rings (SSSR count). The Hall–Kier alpha value is -2.43. The van der Waals surface area contributed by atoms with Gasteiger partial charge in [0.1, 0.15) is 5.75 Å². The molecule has 0 aliphatic heterocycles. The second-order valence-corrected chi connectivity index (χ2v) is 9.47. The van der Waals surface area contributed by atoms with Crippen molar-refractivity contribution in [3.8, 4) is 5.75 Å². The smallest absolute Gasteiger partial charge is 0.344 e. The van der Waals surface area contributed by atoms with Gasteiger partial charge in [-0.25, -0.2) is 26.4 Å². The molecule has 0 unspecified atom stereocenters. The number of hydrogen-bond acceptors (Lipinski definition) is 7. The molecule has 0 aromatic heterocycles. The molecule has 8 nitrogen and oxygen atoms in total. The van der Waals surface area contributed by atoms with Gasteiger partial charge >= 0.3 is 5.97 Å². The fourth-order valence-corrected chi connectivity index (χ4v) is 4.54. The monoisotopic (exact) mass is 427 g/mol. The lowest BCUT2D eigenvalue weighted by Gasteiger charge is -2.09. The van der Waals surface area contributed by atoms with E-state index in [0.29, 0.717) is 5.75 Å². The van der Waals surface area contributed by atoms with Crippen LogP contribution in [0.3, 0.4) is 0 Å². The molecule has 2 aromatic carbocycles. The van der Waals surface area contributed by atoms with Gasteiger partial charge in [-0.05, 0) is 43.3 Å². The summed E-state index contributed by atoms with van der Waals surface area (Å²) in [7, 11) is -7.47. The van der Waals surface area contributed by atoms with Crippen LogP contribution in [0.25, 0.3) is 0 Å². The van der Waals surface area contributed by atoms with E-state index in [9.17, 15) is 21.6 Å². The average Bonchev–Trinajstić information content (AvgIpc) is 2.67. The number of nitrogens with one attached hydrogen (secondary N) is 1. The third kappa shape index (κ3) is 6.32. The van der Waals surface area contributed by atoms with Crippen LogP contribution in [-0.2, 0) is 29.4 Å². The maximum absolute atomic E-state index is 12.4. The summed E-state index contributed by atoms with van der Waals surface area (Å²) in [6, 6.07) is 13.2. The minimum Gasteiger partial charge on any atom is -0.482 e. The van der Waals surface area contributed by atoms with Crippen molar-refractivity contribution in [3.63, 3.8) is 0 Å². The van der Waals surface area contributed by atoms with E-state index in [-0.39, 0.29) is 29.5 Å². The Morgan fingerprint density at radius 1 is 0.929 bits per heavy atom. The molecule has 152 valence electrons. The fourth-order valence-electron chi connectivity index (χ4n) is 2.20. The van der Waals surface area contributed by atoms with Gasteiger partial charge in [0, 0.05) is 6.54 Å². The number of benzene rings is 2. The van der Waals surface area contributed by atoms with Gasteiger partial charge in [-0.2, -0.15) is 0 Å². The van der Waals surface area contributed by atoms with Crippen molar-refractivity contribution in [2.45, 2.75) is 16.7 Å². The molecule has 0 fully saturated rings. The average molecular weight is 428 g/mol. The van der Waals surface area contributed by atoms with Crippen molar-refractivity contribution in [2.75, 3.05) is 25.5 Å². The van der Waals surface area contributed by atoms with Crippen molar-refractivity contribution in [1.82, 2.24) is 4.72 Å². The summed E-state index contributed by atoms with van der Waals surface area (Å²) >= 11 is 0. The van der Waals surface area contributed by atoms with Gasteiger partial charge in [0.05, 0.1) is 22.2 Å². The number of hydrogen-bond donors (Lipinski definition) is 1. The molecule has 0 spiro atoms. The van der Waals surface area contributed by atoms with Crippen molar-refractivity contribution < 1.29 is 31.1 Å². The Labute approximate surface area is 164 Å². The standard InChI is InChI=1S/C18H21NO7S2/c1-2-25-18(20)14-26-15-8-10-16(11-9-15)27(21,22)13-12-19-28(23,24)17-6-4-3-5-7-17/h3-11,19H,2,12-14H2,1H3. The highest BCUT2D eigenvalue weighted by Gasteiger charge is 2.18. The normalized spacial score (nSPS) is 11.8. The van der Waals surface area contributed by atoms with Crippen molar-refractivity contribution >= 4 is 25.8 Å². The first kappa shape index (κ1) is 21.9. The van der Waals surface area contributed by atoms with Gasteiger partial charge in [0.2, 0.25) is 10.0 Å². The molecule has 0 aliphatic carbocycles. The molecule has 0 amide bonds. The summed E-state index contributed by atoms with van der Waals surface area (Å²) in [4.78, 5) is 11.3. The molecule has 0 aliphatic rings. The third-order valence-corrected chi connectivity index (χ3v) is 6.77. The first-order chi connectivity index (χ1) is 13.2. The quantitative estimate of drug-likeness (QED) is 0.570. The van der Waals surface area contributed by atoms with Crippen LogP contribution in [0, 0.1) is 0 Å². The van der Waals surface area contributed by atoms with Crippen LogP contribution < -0.4 is 9.46 Å². The van der Waals surface area contributed by atoms with Crippen LogP contribution in [0.15, 0.2) is 64.4 Å². The summed E-state index contributed by atoms with van der Waals surface area (Å²) in [5.74, 6) is -0.607. The molecule has 0 atom stereocenters. The second-order valence-electron chi connectivity index (χ2n) is 5.59. The zero-order valence-corrected chi connectivity index (χ0v) is 16.8. The zero-order valence-electron chi connectivity index (χ0n) is 15.2. The highest BCUT2D eigenvalue weighted by atomic mass is 32.2. The summed E-state index contributed by atoms with van der Waals surface area (Å²) in [6.45, 7) is 1.38. The van der Waals surface area contributed by atoms with Gasteiger partial charge in [0.25, 0.3) is 0 Å². The lowest BCUT2D eigenvalue weighted by Crippen LogP contribution is -2.29. The van der Waals surface area contributed by atoms with E-state index in [1.807, 2.05) is 0 Å². The molecule has 0 saturated heterocycles. The topological polar surface area (TPSA) is 116 Å². The van der Waals surface area contributed by atoms with E-state index in [0.717, 1.165) is 0 Å². The molecule has 0 heterocycles. The van der Waals surface area contributed by atoms with E-state index in [1.54, 1.807) is 25.1 Å². The minimum absolute atomic E-state index is 0.0230. The number of carbonyl (C=O) groups excluding carboxylic acids is 1. The fraction of sp³-hybridized carbons (Fsp3) is 0.278. The summed E-state index contributed by atoms with van der Waals surface area (Å²) < 4.78 is 61.2. The molecule has 28 heavy (non-hydrogen) atoms. The number of carbonyl (C=O) groups is 1.